The Hall–Kier alpha value is -2.69. The maximum atomic E-state index is 12.5. The Morgan fingerprint density at radius 2 is 1.86 bits per heavy atom. The lowest BCUT2D eigenvalue weighted by molar-refractivity contribution is -0.384. The van der Waals surface area contributed by atoms with Crippen molar-refractivity contribution in [1.29, 1.82) is 0 Å². The number of sulfonamides is 1. The molecule has 0 aliphatic rings. The summed E-state index contributed by atoms with van der Waals surface area (Å²) in [5.74, 6) is 0.506. The second-order valence-electron chi connectivity index (χ2n) is 6.24. The Morgan fingerprint density at radius 3 is 2.46 bits per heavy atom. The molecule has 2 rings (SSSR count). The highest BCUT2D eigenvalue weighted by atomic mass is 32.2. The minimum absolute atomic E-state index is 0.151. The Kier molecular flexibility index (Phi) is 6.95. The highest BCUT2D eigenvalue weighted by Crippen LogP contribution is 2.34. The number of anilines is 2. The van der Waals surface area contributed by atoms with Gasteiger partial charge in [0.15, 0.2) is 0 Å². The van der Waals surface area contributed by atoms with Crippen LogP contribution >= 0.6 is 0 Å². The molecule has 0 aliphatic heterocycles. The van der Waals surface area contributed by atoms with E-state index in [1.165, 1.54) is 26.4 Å². The Bertz CT molecular complexity index is 962. The van der Waals surface area contributed by atoms with Crippen molar-refractivity contribution in [3.8, 4) is 5.75 Å². The van der Waals surface area contributed by atoms with Crippen LogP contribution in [0, 0.1) is 17.0 Å². The number of nitrogens with zero attached hydrogens (tertiary/aromatic N) is 1. The first kappa shape index (κ1) is 21.6. The van der Waals surface area contributed by atoms with Crippen molar-refractivity contribution in [3.05, 3.63) is 52.1 Å². The summed E-state index contributed by atoms with van der Waals surface area (Å²) in [4.78, 5) is 10.7. The molecular formula is C18H23N3O6S. The Labute approximate surface area is 163 Å². The smallest absolute Gasteiger partial charge is 0.294 e. The summed E-state index contributed by atoms with van der Waals surface area (Å²) >= 11 is 0. The molecule has 2 N–H and O–H groups in total. The predicted octanol–water partition coefficient (Wildman–Crippen LogP) is 2.97. The summed E-state index contributed by atoms with van der Waals surface area (Å²) in [6.45, 7) is 3.69. The maximum Gasteiger partial charge on any atom is 0.294 e. The van der Waals surface area contributed by atoms with E-state index >= 15 is 0 Å². The molecule has 0 spiro atoms. The second kappa shape index (κ2) is 9.00. The van der Waals surface area contributed by atoms with Crippen LogP contribution in [-0.2, 0) is 14.8 Å². The monoisotopic (exact) mass is 409 g/mol. The molecule has 28 heavy (non-hydrogen) atoms. The lowest BCUT2D eigenvalue weighted by Crippen LogP contribution is -2.35. The molecule has 9 nitrogen and oxygen atoms in total. The molecule has 1 atom stereocenters. The number of hydrogen-bond donors (Lipinski definition) is 2. The molecule has 2 aromatic rings. The first-order valence-corrected chi connectivity index (χ1v) is 9.87. The average molecular weight is 409 g/mol. The zero-order valence-electron chi connectivity index (χ0n) is 16.1. The molecule has 0 bridgehead atoms. The average Bonchev–Trinajstić information content (AvgIpc) is 2.61. The lowest BCUT2D eigenvalue weighted by Gasteiger charge is -2.15. The van der Waals surface area contributed by atoms with Gasteiger partial charge in [0.05, 0.1) is 29.2 Å². The van der Waals surface area contributed by atoms with Gasteiger partial charge in [-0.2, -0.15) is 0 Å². The fourth-order valence-electron chi connectivity index (χ4n) is 2.62. The van der Waals surface area contributed by atoms with E-state index in [0.29, 0.717) is 11.4 Å². The van der Waals surface area contributed by atoms with Crippen LogP contribution in [0.1, 0.15) is 12.5 Å². The molecule has 0 saturated heterocycles. The minimum Gasteiger partial charge on any atom is -0.495 e. The van der Waals surface area contributed by atoms with E-state index in [9.17, 15) is 18.5 Å². The highest BCUT2D eigenvalue weighted by Gasteiger charge is 2.23. The van der Waals surface area contributed by atoms with Gasteiger partial charge in [0.2, 0.25) is 10.0 Å². The van der Waals surface area contributed by atoms with Gasteiger partial charge in [-0.25, -0.2) is 13.1 Å². The quantitative estimate of drug-likeness (QED) is 0.482. The number of nitrogens with one attached hydrogen (secondary N) is 2. The second-order valence-corrected chi connectivity index (χ2v) is 7.96. The predicted molar refractivity (Wildman–Crippen MR) is 106 cm³/mol. The fourth-order valence-corrected chi connectivity index (χ4v) is 3.86. The summed E-state index contributed by atoms with van der Waals surface area (Å²) in [7, 11) is -0.987. The molecule has 0 radical (unpaired) electrons. The fraction of sp³-hybridized carbons (Fsp3) is 0.333. The Morgan fingerprint density at radius 1 is 1.14 bits per heavy atom. The van der Waals surface area contributed by atoms with Gasteiger partial charge >= 0.3 is 0 Å². The zero-order valence-corrected chi connectivity index (χ0v) is 16.9. The highest BCUT2D eigenvalue weighted by molar-refractivity contribution is 7.89. The summed E-state index contributed by atoms with van der Waals surface area (Å²) in [6.07, 6.45) is 0. The number of hydrogen-bond acceptors (Lipinski definition) is 7. The molecule has 2 aromatic carbocycles. The van der Waals surface area contributed by atoms with Crippen molar-refractivity contribution in [1.82, 2.24) is 4.72 Å². The Balaban J connectivity index is 2.41. The van der Waals surface area contributed by atoms with Crippen LogP contribution in [0.25, 0.3) is 0 Å². The van der Waals surface area contributed by atoms with Crippen LogP contribution in [-0.4, -0.2) is 40.2 Å². The van der Waals surface area contributed by atoms with Crippen LogP contribution in [0.4, 0.5) is 17.1 Å². The molecule has 0 amide bonds. The minimum atomic E-state index is -3.93. The molecule has 0 heterocycles. The topological polar surface area (TPSA) is 120 Å². The molecule has 0 fully saturated rings. The van der Waals surface area contributed by atoms with Crippen LogP contribution in [0.3, 0.4) is 0 Å². The third-order valence-corrected chi connectivity index (χ3v) is 5.46. The largest absolute Gasteiger partial charge is 0.495 e. The maximum absolute atomic E-state index is 12.5. The van der Waals surface area contributed by atoms with Crippen LogP contribution in [0.2, 0.25) is 0 Å². The van der Waals surface area contributed by atoms with E-state index < -0.39 is 21.0 Å². The first-order chi connectivity index (χ1) is 13.2. The van der Waals surface area contributed by atoms with E-state index in [0.717, 1.165) is 11.6 Å². The molecular weight excluding hydrogens is 386 g/mol. The van der Waals surface area contributed by atoms with Crippen LogP contribution in [0.15, 0.2) is 41.3 Å². The van der Waals surface area contributed by atoms with Gasteiger partial charge in [-0.3, -0.25) is 10.1 Å². The molecule has 10 heteroatoms. The van der Waals surface area contributed by atoms with Crippen molar-refractivity contribution in [3.63, 3.8) is 0 Å². The van der Waals surface area contributed by atoms with E-state index in [-0.39, 0.29) is 22.9 Å². The molecule has 0 aromatic heterocycles. The normalized spacial score (nSPS) is 12.4. The van der Waals surface area contributed by atoms with E-state index in [2.05, 4.69) is 10.0 Å². The van der Waals surface area contributed by atoms with Crippen molar-refractivity contribution < 1.29 is 22.8 Å². The van der Waals surface area contributed by atoms with Crippen molar-refractivity contribution in [2.45, 2.75) is 24.8 Å². The molecule has 152 valence electrons. The van der Waals surface area contributed by atoms with E-state index in [1.54, 1.807) is 19.1 Å². The number of ether oxygens (including phenoxy) is 2. The number of aryl methyl sites for hydroxylation is 1. The number of methoxy groups -OCH3 is 2. The van der Waals surface area contributed by atoms with Gasteiger partial charge in [-0.1, -0.05) is 6.07 Å². The molecule has 0 saturated carbocycles. The van der Waals surface area contributed by atoms with Gasteiger partial charge < -0.3 is 14.8 Å². The standard InChI is InChI=1S/C18H23N3O6S/c1-12-5-8-18(27-4)16(9-12)19-15-7-6-14(10-17(15)21(22)23)28(24,25)20-13(2)11-26-3/h5-10,13,19-20H,11H2,1-4H3/t13-/m1/s1. The number of nitro groups is 1. The number of benzene rings is 2. The van der Waals surface area contributed by atoms with Gasteiger partial charge in [-0.15, -0.1) is 0 Å². The summed E-state index contributed by atoms with van der Waals surface area (Å²) in [6, 6.07) is 8.57. The first-order valence-electron chi connectivity index (χ1n) is 8.39. The van der Waals surface area contributed by atoms with Crippen molar-refractivity contribution >= 4 is 27.1 Å². The zero-order chi connectivity index (χ0) is 20.9. The van der Waals surface area contributed by atoms with Gasteiger partial charge in [0.1, 0.15) is 11.4 Å². The van der Waals surface area contributed by atoms with Gasteiger partial charge in [0.25, 0.3) is 5.69 Å². The number of rotatable bonds is 9. The van der Waals surface area contributed by atoms with Crippen molar-refractivity contribution in [2.75, 3.05) is 26.1 Å². The summed E-state index contributed by atoms with van der Waals surface area (Å²) in [5, 5.41) is 14.5. The lowest BCUT2D eigenvalue weighted by atomic mass is 10.2. The van der Waals surface area contributed by atoms with E-state index in [1.807, 2.05) is 13.0 Å². The van der Waals surface area contributed by atoms with E-state index in [4.69, 9.17) is 9.47 Å². The van der Waals surface area contributed by atoms with Crippen LogP contribution in [0.5, 0.6) is 5.75 Å². The number of nitro benzene ring substituents is 1. The third-order valence-electron chi connectivity index (χ3n) is 3.87. The van der Waals surface area contributed by atoms with Gasteiger partial charge in [-0.05, 0) is 43.7 Å². The van der Waals surface area contributed by atoms with Crippen molar-refractivity contribution in [2.24, 2.45) is 0 Å². The SMILES string of the molecule is COC[C@@H](C)NS(=O)(=O)c1ccc(Nc2cc(C)ccc2OC)c([N+](=O)[O-])c1. The summed E-state index contributed by atoms with van der Waals surface area (Å²) < 4.78 is 37.5. The van der Waals surface area contributed by atoms with Crippen LogP contribution < -0.4 is 14.8 Å². The third kappa shape index (κ3) is 5.18. The summed E-state index contributed by atoms with van der Waals surface area (Å²) in [5.41, 5.74) is 1.25. The molecule has 0 unspecified atom stereocenters. The molecule has 0 aliphatic carbocycles. The van der Waals surface area contributed by atoms with Gasteiger partial charge in [0, 0.05) is 19.2 Å².